The summed E-state index contributed by atoms with van der Waals surface area (Å²) in [7, 11) is 0. The lowest BCUT2D eigenvalue weighted by Crippen LogP contribution is -2.01. The molecule has 0 radical (unpaired) electrons. The lowest BCUT2D eigenvalue weighted by Gasteiger charge is -2.15. The predicted molar refractivity (Wildman–Crippen MR) is 171 cm³/mol. The van der Waals surface area contributed by atoms with E-state index in [0.29, 0.717) is 5.92 Å². The van der Waals surface area contributed by atoms with E-state index in [2.05, 4.69) is 106 Å². The summed E-state index contributed by atoms with van der Waals surface area (Å²) >= 11 is 0. The van der Waals surface area contributed by atoms with Gasteiger partial charge in [-0.1, -0.05) is 129 Å². The molecule has 0 aliphatic heterocycles. The van der Waals surface area contributed by atoms with Gasteiger partial charge in [0.25, 0.3) is 0 Å². The molecule has 0 aromatic heterocycles. The fourth-order valence-corrected chi connectivity index (χ4v) is 4.06. The molecule has 0 saturated carbocycles. The molecule has 200 valence electrons. The van der Waals surface area contributed by atoms with Crippen LogP contribution in [0.4, 0.5) is 0 Å². The third-order valence-corrected chi connectivity index (χ3v) is 5.65. The Balaban J connectivity index is -0.00000148. The van der Waals surface area contributed by atoms with Crippen molar-refractivity contribution < 1.29 is 0 Å². The first-order valence-corrected chi connectivity index (χ1v) is 12.5. The molecule has 0 N–H and O–H groups in total. The van der Waals surface area contributed by atoms with E-state index in [1.807, 2.05) is 19.9 Å². The molecule has 0 heteroatoms. The molecule has 2 aromatic rings. The minimum atomic E-state index is 0. The Kier molecular flexibility index (Phi) is 23.7. The van der Waals surface area contributed by atoms with Crippen LogP contribution in [0.3, 0.4) is 0 Å². The van der Waals surface area contributed by atoms with Gasteiger partial charge in [-0.2, -0.15) is 0 Å². The van der Waals surface area contributed by atoms with Crippen molar-refractivity contribution >= 4 is 0 Å². The standard InChI is InChI=1S/C29H34.C2H6.C2H4.3CH4/c1-4-6-13-23(3)20-29-22-28(18-16-24(29)12-5-2)27-19-17-25-14-10-8-7-9-11-15-26(25)21-27;2*1-2;;;/h5-10,13,16-19,21-23H,2,4,11-12,14-15,20H2,1,3H3;1-2H3;1-2H2;3*1H4/b9-7-,10-8-,13-6-;;;;;. The first-order valence-electron chi connectivity index (χ1n) is 12.5. The van der Waals surface area contributed by atoms with Crippen molar-refractivity contribution in [2.75, 3.05) is 0 Å². The summed E-state index contributed by atoms with van der Waals surface area (Å²) < 4.78 is 0. The monoisotopic (exact) mass is 488 g/mol. The Morgan fingerprint density at radius 3 is 2.17 bits per heavy atom. The summed E-state index contributed by atoms with van der Waals surface area (Å²) in [5, 5.41) is 0. The van der Waals surface area contributed by atoms with Crippen molar-refractivity contribution in [2.45, 2.75) is 88.5 Å². The van der Waals surface area contributed by atoms with Gasteiger partial charge in [0.2, 0.25) is 0 Å². The van der Waals surface area contributed by atoms with Crippen LogP contribution in [-0.4, -0.2) is 0 Å². The smallest absolute Gasteiger partial charge is 0.00916 e. The van der Waals surface area contributed by atoms with Crippen LogP contribution in [0, 0.1) is 5.92 Å². The summed E-state index contributed by atoms with van der Waals surface area (Å²) in [6.07, 6.45) is 21.9. The molecule has 1 atom stereocenters. The van der Waals surface area contributed by atoms with E-state index in [-0.39, 0.29) is 22.3 Å². The van der Waals surface area contributed by atoms with Crippen LogP contribution < -0.4 is 0 Å². The number of hydrogen-bond acceptors (Lipinski definition) is 0. The second-order valence-electron chi connectivity index (χ2n) is 8.08. The molecule has 0 fully saturated rings. The lowest BCUT2D eigenvalue weighted by atomic mass is 9.90. The molecule has 1 aliphatic carbocycles. The molecule has 0 amide bonds. The normalized spacial score (nSPS) is 14.0. The van der Waals surface area contributed by atoms with Gasteiger partial charge >= 0.3 is 0 Å². The zero-order valence-corrected chi connectivity index (χ0v) is 21.4. The molecule has 0 nitrogen and oxygen atoms in total. The third-order valence-electron chi connectivity index (χ3n) is 5.65. The van der Waals surface area contributed by atoms with E-state index in [9.17, 15) is 0 Å². The maximum Gasteiger partial charge on any atom is -0.00916 e. The molecule has 0 spiro atoms. The van der Waals surface area contributed by atoms with Crippen molar-refractivity contribution in [3.8, 4) is 11.1 Å². The van der Waals surface area contributed by atoms with Gasteiger partial charge < -0.3 is 0 Å². The molecule has 0 heterocycles. The molecule has 3 rings (SSSR count). The molecule has 1 unspecified atom stereocenters. The highest BCUT2D eigenvalue weighted by Crippen LogP contribution is 2.28. The van der Waals surface area contributed by atoms with Gasteiger partial charge in [-0.3, -0.25) is 0 Å². The van der Waals surface area contributed by atoms with Gasteiger partial charge in [0.1, 0.15) is 0 Å². The van der Waals surface area contributed by atoms with E-state index in [0.717, 1.165) is 38.5 Å². The number of aryl methyl sites for hydroxylation is 1. The minimum Gasteiger partial charge on any atom is -0.106 e. The van der Waals surface area contributed by atoms with E-state index in [4.69, 9.17) is 0 Å². The Morgan fingerprint density at radius 2 is 1.50 bits per heavy atom. The summed E-state index contributed by atoms with van der Waals surface area (Å²) in [6, 6.07) is 14.0. The molecule has 2 aromatic carbocycles. The van der Waals surface area contributed by atoms with Gasteiger partial charge in [0, 0.05) is 0 Å². The third kappa shape index (κ3) is 12.2. The highest BCUT2D eigenvalue weighted by molar-refractivity contribution is 5.67. The number of rotatable bonds is 7. The largest absolute Gasteiger partial charge is 0.106 e. The zero-order valence-electron chi connectivity index (χ0n) is 21.4. The van der Waals surface area contributed by atoms with Crippen LogP contribution in [0.2, 0.25) is 0 Å². The van der Waals surface area contributed by atoms with Crippen LogP contribution in [-0.2, 0) is 25.7 Å². The van der Waals surface area contributed by atoms with Gasteiger partial charge in [-0.05, 0) is 77.8 Å². The lowest BCUT2D eigenvalue weighted by molar-refractivity contribution is 0.716. The van der Waals surface area contributed by atoms with Gasteiger partial charge in [0.05, 0.1) is 0 Å². The highest BCUT2D eigenvalue weighted by atomic mass is 14.1. The fraction of sp³-hybridized carbons (Fsp3) is 0.389. The molecule has 36 heavy (non-hydrogen) atoms. The van der Waals surface area contributed by atoms with Crippen molar-refractivity contribution in [1.82, 2.24) is 0 Å². The number of hydrogen-bond donors (Lipinski definition) is 0. The highest BCUT2D eigenvalue weighted by Gasteiger charge is 2.10. The van der Waals surface area contributed by atoms with Crippen molar-refractivity contribution in [1.29, 1.82) is 0 Å². The summed E-state index contributed by atoms with van der Waals surface area (Å²) in [5.41, 5.74) is 8.45. The van der Waals surface area contributed by atoms with E-state index < -0.39 is 0 Å². The Hall–Kier alpha value is -2.86. The first kappa shape index (κ1) is 37.7. The zero-order chi connectivity index (χ0) is 24.5. The van der Waals surface area contributed by atoms with E-state index in [1.54, 1.807) is 0 Å². The minimum absolute atomic E-state index is 0. The van der Waals surface area contributed by atoms with Crippen LogP contribution in [0.25, 0.3) is 11.1 Å². The maximum atomic E-state index is 3.95. The molecule has 0 saturated heterocycles. The van der Waals surface area contributed by atoms with E-state index in [1.165, 1.54) is 33.4 Å². The SMILES string of the molecule is C.C.C.C=C.C=CCc1ccc(-c2ccc3c(c2)CC/C=C\C=C/C3)cc1CC(C)/C=C\CC.CC. The van der Waals surface area contributed by atoms with Crippen molar-refractivity contribution in [3.63, 3.8) is 0 Å². The second kappa shape index (κ2) is 22.6. The summed E-state index contributed by atoms with van der Waals surface area (Å²) in [4.78, 5) is 0. The van der Waals surface area contributed by atoms with E-state index >= 15 is 0 Å². The van der Waals surface area contributed by atoms with Crippen LogP contribution in [0.15, 0.2) is 98.7 Å². The van der Waals surface area contributed by atoms with Crippen molar-refractivity contribution in [3.05, 3.63) is 121 Å². The van der Waals surface area contributed by atoms with Crippen LogP contribution >= 0.6 is 0 Å². The molecular weight excluding hydrogens is 432 g/mol. The summed E-state index contributed by atoms with van der Waals surface area (Å²) in [5.74, 6) is 0.548. The fourth-order valence-electron chi connectivity index (χ4n) is 4.06. The van der Waals surface area contributed by atoms with Crippen molar-refractivity contribution in [2.24, 2.45) is 5.92 Å². The Labute approximate surface area is 226 Å². The topological polar surface area (TPSA) is 0 Å². The average Bonchev–Trinajstić information content (AvgIpc) is 2.98. The van der Waals surface area contributed by atoms with Crippen LogP contribution in [0.5, 0.6) is 0 Å². The molecule has 0 bridgehead atoms. The number of allylic oxidation sites excluding steroid dienone is 7. The molecular formula is C36H56. The predicted octanol–water partition coefficient (Wildman–Crippen LogP) is 11.6. The number of fused-ring (bicyclic) bond motifs is 1. The second-order valence-corrected chi connectivity index (χ2v) is 8.08. The number of benzene rings is 2. The molecule has 1 aliphatic rings. The first-order chi connectivity index (χ1) is 16.2. The Morgan fingerprint density at radius 1 is 0.861 bits per heavy atom. The quantitative estimate of drug-likeness (QED) is 0.340. The van der Waals surface area contributed by atoms with Crippen LogP contribution in [0.1, 0.15) is 85.1 Å². The average molecular weight is 489 g/mol. The summed E-state index contributed by atoms with van der Waals surface area (Å²) in [6.45, 7) is 18.5. The Bertz CT molecular complexity index is 923. The van der Waals surface area contributed by atoms with Gasteiger partial charge in [-0.25, -0.2) is 0 Å². The van der Waals surface area contributed by atoms with Gasteiger partial charge in [-0.15, -0.1) is 19.7 Å². The maximum absolute atomic E-state index is 3.95. The van der Waals surface area contributed by atoms with Gasteiger partial charge in [0.15, 0.2) is 0 Å².